The van der Waals surface area contributed by atoms with Gasteiger partial charge in [-0.1, -0.05) is 25.6 Å². The first-order chi connectivity index (χ1) is 9.09. The molecular weight excluding hydrogens is 266 g/mol. The number of nitrogens with zero attached hydrogens (tertiary/aromatic N) is 4. The number of anilines is 1. The standard InChI is InChI=1S/C14H21N5Si/c1-14(2,3)19-13-11(12(15)16-9-17-13)10(18-19)7-8-20(4,5)6/h9H,1-6H3,(H2,15,16,17). The summed E-state index contributed by atoms with van der Waals surface area (Å²) in [7, 11) is -1.47. The van der Waals surface area contributed by atoms with Crippen molar-refractivity contribution in [1.82, 2.24) is 19.7 Å². The van der Waals surface area contributed by atoms with Crippen LogP contribution >= 0.6 is 0 Å². The van der Waals surface area contributed by atoms with Crippen LogP contribution in [0, 0.1) is 11.5 Å². The molecule has 0 amide bonds. The van der Waals surface area contributed by atoms with Crippen LogP contribution in [-0.4, -0.2) is 27.8 Å². The van der Waals surface area contributed by atoms with Crippen LogP contribution in [0.5, 0.6) is 0 Å². The van der Waals surface area contributed by atoms with Gasteiger partial charge in [-0.3, -0.25) is 0 Å². The zero-order chi connectivity index (χ0) is 15.1. The molecule has 0 saturated carbocycles. The van der Waals surface area contributed by atoms with Gasteiger partial charge < -0.3 is 5.73 Å². The highest BCUT2D eigenvalue weighted by molar-refractivity contribution is 6.83. The fraction of sp³-hybridized carbons (Fsp3) is 0.500. The fourth-order valence-electron chi connectivity index (χ4n) is 1.78. The van der Waals surface area contributed by atoms with Crippen molar-refractivity contribution in [3.05, 3.63) is 12.0 Å². The zero-order valence-electron chi connectivity index (χ0n) is 12.9. The molecule has 0 atom stereocenters. The monoisotopic (exact) mass is 287 g/mol. The molecule has 2 aromatic rings. The lowest BCUT2D eigenvalue weighted by molar-refractivity contribution is 0.365. The number of rotatable bonds is 0. The number of fused-ring (bicyclic) bond motifs is 1. The summed E-state index contributed by atoms with van der Waals surface area (Å²) in [5.41, 5.74) is 10.6. The van der Waals surface area contributed by atoms with Crippen LogP contribution in [0.3, 0.4) is 0 Å². The number of hydrogen-bond donors (Lipinski definition) is 1. The van der Waals surface area contributed by atoms with Crippen molar-refractivity contribution in [1.29, 1.82) is 0 Å². The van der Waals surface area contributed by atoms with E-state index in [0.717, 1.165) is 11.0 Å². The smallest absolute Gasteiger partial charge is 0.165 e. The molecule has 6 heteroatoms. The average molecular weight is 287 g/mol. The quantitative estimate of drug-likeness (QED) is 0.596. The summed E-state index contributed by atoms with van der Waals surface area (Å²) >= 11 is 0. The van der Waals surface area contributed by atoms with E-state index in [0.29, 0.717) is 11.5 Å². The fourth-order valence-corrected chi connectivity index (χ4v) is 2.27. The Morgan fingerprint density at radius 1 is 1.20 bits per heavy atom. The molecule has 0 fully saturated rings. The van der Waals surface area contributed by atoms with Gasteiger partial charge in [-0.2, -0.15) is 5.10 Å². The predicted octanol–water partition coefficient (Wildman–Crippen LogP) is 2.39. The highest BCUT2D eigenvalue weighted by Crippen LogP contribution is 2.25. The highest BCUT2D eigenvalue weighted by Gasteiger charge is 2.22. The summed E-state index contributed by atoms with van der Waals surface area (Å²) in [6.07, 6.45) is 1.47. The van der Waals surface area contributed by atoms with Crippen LogP contribution in [0.15, 0.2) is 6.33 Å². The molecule has 20 heavy (non-hydrogen) atoms. The van der Waals surface area contributed by atoms with E-state index in [-0.39, 0.29) is 5.54 Å². The van der Waals surface area contributed by atoms with Crippen LogP contribution in [0.1, 0.15) is 26.5 Å². The van der Waals surface area contributed by atoms with E-state index in [2.05, 4.69) is 66.9 Å². The molecule has 0 aliphatic heterocycles. The Morgan fingerprint density at radius 2 is 1.85 bits per heavy atom. The topological polar surface area (TPSA) is 69.6 Å². The molecule has 2 rings (SSSR count). The number of nitrogen functional groups attached to an aromatic ring is 1. The van der Waals surface area contributed by atoms with Gasteiger partial charge in [0.05, 0.1) is 10.9 Å². The van der Waals surface area contributed by atoms with Crippen molar-refractivity contribution < 1.29 is 0 Å². The molecule has 0 aliphatic rings. The van der Waals surface area contributed by atoms with Gasteiger partial charge >= 0.3 is 0 Å². The molecule has 2 aromatic heterocycles. The van der Waals surface area contributed by atoms with Crippen LogP contribution in [0.4, 0.5) is 5.82 Å². The predicted molar refractivity (Wildman–Crippen MR) is 85.0 cm³/mol. The van der Waals surface area contributed by atoms with E-state index >= 15 is 0 Å². The number of aromatic nitrogens is 4. The third-order valence-electron chi connectivity index (χ3n) is 2.69. The Balaban J connectivity index is 2.75. The van der Waals surface area contributed by atoms with Gasteiger partial charge in [0.2, 0.25) is 0 Å². The summed E-state index contributed by atoms with van der Waals surface area (Å²) < 4.78 is 1.87. The molecule has 0 radical (unpaired) electrons. The Labute approximate surface area is 120 Å². The molecule has 5 nitrogen and oxygen atoms in total. The van der Waals surface area contributed by atoms with Crippen molar-refractivity contribution in [3.63, 3.8) is 0 Å². The molecule has 106 valence electrons. The van der Waals surface area contributed by atoms with E-state index in [1.54, 1.807) is 0 Å². The maximum Gasteiger partial charge on any atom is 0.165 e. The first-order valence-electron chi connectivity index (χ1n) is 6.62. The van der Waals surface area contributed by atoms with Crippen molar-refractivity contribution in [3.8, 4) is 11.5 Å². The summed E-state index contributed by atoms with van der Waals surface area (Å²) in [6.45, 7) is 12.8. The molecule has 0 unspecified atom stereocenters. The second-order valence-corrected chi connectivity index (χ2v) is 11.6. The molecule has 0 aliphatic carbocycles. The lowest BCUT2D eigenvalue weighted by atomic mass is 10.1. The van der Waals surface area contributed by atoms with Crippen molar-refractivity contribution >= 4 is 24.9 Å². The summed E-state index contributed by atoms with van der Waals surface area (Å²) in [5, 5.41) is 5.36. The number of hydrogen-bond acceptors (Lipinski definition) is 4. The van der Waals surface area contributed by atoms with Gasteiger partial charge in [0, 0.05) is 0 Å². The maximum absolute atomic E-state index is 5.99. The maximum atomic E-state index is 5.99. The van der Waals surface area contributed by atoms with Crippen LogP contribution in [0.2, 0.25) is 19.6 Å². The van der Waals surface area contributed by atoms with Gasteiger partial charge in [-0.25, -0.2) is 14.6 Å². The van der Waals surface area contributed by atoms with Crippen molar-refractivity contribution in [2.24, 2.45) is 0 Å². The summed E-state index contributed by atoms with van der Waals surface area (Å²) in [6, 6.07) is 0. The Kier molecular flexibility index (Phi) is 3.34. The molecule has 2 N–H and O–H groups in total. The summed E-state index contributed by atoms with van der Waals surface area (Å²) in [5.74, 6) is 3.62. The van der Waals surface area contributed by atoms with E-state index in [1.807, 2.05) is 4.68 Å². The van der Waals surface area contributed by atoms with E-state index in [4.69, 9.17) is 5.73 Å². The van der Waals surface area contributed by atoms with Gasteiger partial charge in [0.25, 0.3) is 0 Å². The molecule has 2 heterocycles. The number of nitrogens with two attached hydrogens (primary N) is 1. The minimum Gasteiger partial charge on any atom is -0.383 e. The van der Waals surface area contributed by atoms with E-state index in [1.165, 1.54) is 6.33 Å². The normalized spacial score (nSPS) is 12.3. The van der Waals surface area contributed by atoms with Gasteiger partial charge in [0.15, 0.2) is 5.65 Å². The van der Waals surface area contributed by atoms with E-state index < -0.39 is 8.07 Å². The third kappa shape index (κ3) is 2.83. The molecule has 0 spiro atoms. The highest BCUT2D eigenvalue weighted by atomic mass is 28.3. The molecular formula is C14H21N5Si. The SMILES string of the molecule is CC(C)(C)n1nc(C#C[Si](C)(C)C)c2c(N)ncnc21. The van der Waals surface area contributed by atoms with Gasteiger partial charge in [-0.15, -0.1) is 5.54 Å². The summed E-state index contributed by atoms with van der Waals surface area (Å²) in [4.78, 5) is 8.39. The van der Waals surface area contributed by atoms with Crippen molar-refractivity contribution in [2.75, 3.05) is 5.73 Å². The Morgan fingerprint density at radius 3 is 2.40 bits per heavy atom. The largest absolute Gasteiger partial charge is 0.383 e. The first kappa shape index (κ1) is 14.5. The minimum absolute atomic E-state index is 0.182. The van der Waals surface area contributed by atoms with E-state index in [9.17, 15) is 0 Å². The Hall–Kier alpha value is -1.87. The van der Waals surface area contributed by atoms with Crippen LogP contribution in [-0.2, 0) is 5.54 Å². The molecule has 0 bridgehead atoms. The van der Waals surface area contributed by atoms with Gasteiger partial charge in [-0.05, 0) is 20.8 Å². The minimum atomic E-state index is -1.47. The third-order valence-corrected chi connectivity index (χ3v) is 3.56. The zero-order valence-corrected chi connectivity index (χ0v) is 13.9. The molecule has 0 aromatic carbocycles. The second-order valence-electron chi connectivity index (χ2n) is 6.89. The Bertz CT molecular complexity index is 707. The van der Waals surface area contributed by atoms with Crippen LogP contribution in [0.25, 0.3) is 11.0 Å². The van der Waals surface area contributed by atoms with Crippen LogP contribution < -0.4 is 5.73 Å². The average Bonchev–Trinajstić information content (AvgIpc) is 2.65. The molecule has 0 saturated heterocycles. The lowest BCUT2D eigenvalue weighted by Gasteiger charge is -2.19. The second kappa shape index (κ2) is 4.60. The first-order valence-corrected chi connectivity index (χ1v) is 10.1. The van der Waals surface area contributed by atoms with Crippen molar-refractivity contribution in [2.45, 2.75) is 46.0 Å². The lowest BCUT2D eigenvalue weighted by Crippen LogP contribution is -2.23. The van der Waals surface area contributed by atoms with Gasteiger partial charge in [0.1, 0.15) is 25.9 Å².